The summed E-state index contributed by atoms with van der Waals surface area (Å²) in [5.41, 5.74) is 14.5. The summed E-state index contributed by atoms with van der Waals surface area (Å²) in [7, 11) is 1.81. The Morgan fingerprint density at radius 3 is 2.76 bits per heavy atom. The second-order valence-corrected chi connectivity index (χ2v) is 5.71. The van der Waals surface area contributed by atoms with Gasteiger partial charge in [-0.3, -0.25) is 14.7 Å². The number of nitrogens with two attached hydrogens (primary N) is 2. The lowest BCUT2D eigenvalue weighted by Gasteiger charge is -2.14. The summed E-state index contributed by atoms with van der Waals surface area (Å²) in [6.07, 6.45) is 1.97. The van der Waals surface area contributed by atoms with Crippen molar-refractivity contribution in [3.8, 4) is 0 Å². The number of likely N-dealkylation sites (N-methyl/N-ethyl adjacent to an activating group) is 1. The van der Waals surface area contributed by atoms with Gasteiger partial charge in [0.25, 0.3) is 0 Å². The van der Waals surface area contributed by atoms with Crippen LogP contribution in [0.1, 0.15) is 16.7 Å². The van der Waals surface area contributed by atoms with E-state index in [9.17, 15) is 4.79 Å². The van der Waals surface area contributed by atoms with E-state index in [1.165, 1.54) is 11.1 Å². The van der Waals surface area contributed by atoms with E-state index in [4.69, 9.17) is 16.6 Å². The highest BCUT2D eigenvalue weighted by atomic mass is 16.4. The first-order valence-electron chi connectivity index (χ1n) is 7.00. The Bertz CT molecular complexity index is 553. The van der Waals surface area contributed by atoms with Crippen molar-refractivity contribution < 1.29 is 9.90 Å². The number of hydrogen-bond acceptors (Lipinski definition) is 3. The first-order chi connectivity index (χ1) is 9.94. The molecule has 114 valence electrons. The summed E-state index contributed by atoms with van der Waals surface area (Å²) < 4.78 is 0. The van der Waals surface area contributed by atoms with Crippen molar-refractivity contribution in [2.75, 3.05) is 20.1 Å². The van der Waals surface area contributed by atoms with Gasteiger partial charge in [0.05, 0.1) is 6.54 Å². The lowest BCUT2D eigenvalue weighted by Crippen LogP contribution is -2.25. The van der Waals surface area contributed by atoms with Crippen molar-refractivity contribution in [2.45, 2.75) is 19.4 Å². The van der Waals surface area contributed by atoms with E-state index in [0.29, 0.717) is 19.0 Å². The number of guanidine groups is 1. The van der Waals surface area contributed by atoms with Crippen LogP contribution in [0.5, 0.6) is 0 Å². The van der Waals surface area contributed by atoms with Crippen LogP contribution < -0.4 is 11.5 Å². The van der Waals surface area contributed by atoms with Crippen LogP contribution in [-0.4, -0.2) is 42.1 Å². The third-order valence-electron chi connectivity index (χ3n) is 3.68. The van der Waals surface area contributed by atoms with Gasteiger partial charge in [-0.2, -0.15) is 0 Å². The second kappa shape index (κ2) is 6.58. The number of hydrogen-bond donors (Lipinski definition) is 3. The molecule has 0 fully saturated rings. The molecule has 0 saturated carbocycles. The monoisotopic (exact) mass is 290 g/mol. The third-order valence-corrected chi connectivity index (χ3v) is 3.68. The lowest BCUT2D eigenvalue weighted by molar-refractivity contribution is -0.138. The summed E-state index contributed by atoms with van der Waals surface area (Å²) in [4.78, 5) is 16.6. The quantitative estimate of drug-likeness (QED) is 0.512. The van der Waals surface area contributed by atoms with Crippen LogP contribution in [0.25, 0.3) is 0 Å². The van der Waals surface area contributed by atoms with Crippen molar-refractivity contribution in [3.63, 3.8) is 0 Å². The summed E-state index contributed by atoms with van der Waals surface area (Å²) in [6.45, 7) is 1.34. The number of aliphatic carboxylic acids is 1. The molecule has 0 spiro atoms. The van der Waals surface area contributed by atoms with Gasteiger partial charge >= 0.3 is 5.97 Å². The Labute approximate surface area is 124 Å². The SMILES string of the molecule is CN(CC(=O)O)Cc1ccc2c(c1)C[C@H](CN=C(N)N)C2. The minimum atomic E-state index is -0.809. The van der Waals surface area contributed by atoms with E-state index in [-0.39, 0.29) is 12.5 Å². The van der Waals surface area contributed by atoms with Gasteiger partial charge in [0, 0.05) is 13.1 Å². The lowest BCUT2D eigenvalue weighted by atomic mass is 10.1. The zero-order valence-corrected chi connectivity index (χ0v) is 12.2. The molecule has 0 heterocycles. The number of fused-ring (bicyclic) bond motifs is 1. The third kappa shape index (κ3) is 4.46. The van der Waals surface area contributed by atoms with Crippen LogP contribution in [-0.2, 0) is 24.2 Å². The van der Waals surface area contributed by atoms with Gasteiger partial charge < -0.3 is 16.6 Å². The molecule has 0 aromatic heterocycles. The molecule has 1 atom stereocenters. The first kappa shape index (κ1) is 15.3. The molecule has 5 N–H and O–H groups in total. The number of aliphatic imine (C=N–C) groups is 1. The van der Waals surface area contributed by atoms with Crippen LogP contribution in [0, 0.1) is 5.92 Å². The molecule has 0 radical (unpaired) electrons. The Kier molecular flexibility index (Phi) is 4.80. The zero-order valence-electron chi connectivity index (χ0n) is 12.2. The fourth-order valence-corrected chi connectivity index (χ4v) is 2.82. The fraction of sp³-hybridized carbons (Fsp3) is 0.467. The van der Waals surface area contributed by atoms with E-state index < -0.39 is 5.97 Å². The van der Waals surface area contributed by atoms with Crippen LogP contribution in [0.15, 0.2) is 23.2 Å². The van der Waals surface area contributed by atoms with E-state index in [2.05, 4.69) is 23.2 Å². The normalized spacial score (nSPS) is 16.8. The Morgan fingerprint density at radius 2 is 2.10 bits per heavy atom. The van der Waals surface area contributed by atoms with Crippen LogP contribution in [0.2, 0.25) is 0 Å². The molecule has 1 aromatic carbocycles. The van der Waals surface area contributed by atoms with E-state index >= 15 is 0 Å². The van der Waals surface area contributed by atoms with Gasteiger partial charge in [-0.05, 0) is 42.5 Å². The van der Waals surface area contributed by atoms with Crippen molar-refractivity contribution in [1.29, 1.82) is 0 Å². The number of carboxylic acid groups (broad SMARTS) is 1. The van der Waals surface area contributed by atoms with Crippen LogP contribution in [0.3, 0.4) is 0 Å². The molecular weight excluding hydrogens is 268 g/mol. The molecule has 1 aliphatic rings. The van der Waals surface area contributed by atoms with E-state index in [1.807, 2.05) is 7.05 Å². The summed E-state index contributed by atoms with van der Waals surface area (Å²) in [5.74, 6) is -0.216. The standard InChI is InChI=1S/C15H22N4O2/c1-19(9-14(20)21)8-10-2-3-12-5-11(6-13(12)4-10)7-18-15(16)17/h2-4,11H,5-9H2,1H3,(H,20,21)(H4,16,17,18)/t11-/m1/s1. The fourth-order valence-electron chi connectivity index (χ4n) is 2.82. The summed E-state index contributed by atoms with van der Waals surface area (Å²) in [5, 5.41) is 8.78. The van der Waals surface area contributed by atoms with Gasteiger partial charge in [0.2, 0.25) is 0 Å². The van der Waals surface area contributed by atoms with Crippen LogP contribution >= 0.6 is 0 Å². The van der Waals surface area contributed by atoms with Crippen molar-refractivity contribution in [2.24, 2.45) is 22.4 Å². The predicted octanol–water partition coefficient (Wildman–Crippen LogP) is 0.191. The molecular formula is C15H22N4O2. The summed E-state index contributed by atoms with van der Waals surface area (Å²) >= 11 is 0. The average Bonchev–Trinajstić information content (AvgIpc) is 2.77. The van der Waals surface area contributed by atoms with Crippen molar-refractivity contribution in [1.82, 2.24) is 4.90 Å². The van der Waals surface area contributed by atoms with Crippen molar-refractivity contribution in [3.05, 3.63) is 34.9 Å². The molecule has 0 unspecified atom stereocenters. The molecule has 1 aromatic rings. The van der Waals surface area contributed by atoms with Crippen molar-refractivity contribution >= 4 is 11.9 Å². The molecule has 21 heavy (non-hydrogen) atoms. The highest BCUT2D eigenvalue weighted by Gasteiger charge is 2.21. The van der Waals surface area contributed by atoms with Gasteiger partial charge in [-0.25, -0.2) is 0 Å². The number of nitrogens with zero attached hydrogens (tertiary/aromatic N) is 2. The zero-order chi connectivity index (χ0) is 15.4. The number of benzene rings is 1. The second-order valence-electron chi connectivity index (χ2n) is 5.71. The maximum atomic E-state index is 10.7. The van der Waals surface area contributed by atoms with Gasteiger partial charge in [-0.15, -0.1) is 0 Å². The maximum Gasteiger partial charge on any atom is 0.317 e. The minimum Gasteiger partial charge on any atom is -0.480 e. The highest BCUT2D eigenvalue weighted by molar-refractivity contribution is 5.75. The van der Waals surface area contributed by atoms with E-state index in [0.717, 1.165) is 18.4 Å². The predicted molar refractivity (Wildman–Crippen MR) is 82.0 cm³/mol. The average molecular weight is 290 g/mol. The topological polar surface area (TPSA) is 105 Å². The van der Waals surface area contributed by atoms with E-state index in [1.54, 1.807) is 4.90 Å². The van der Waals surface area contributed by atoms with Gasteiger partial charge in [-0.1, -0.05) is 18.2 Å². The molecule has 0 saturated heterocycles. The highest BCUT2D eigenvalue weighted by Crippen LogP contribution is 2.28. The molecule has 6 heteroatoms. The molecule has 0 bridgehead atoms. The summed E-state index contributed by atoms with van der Waals surface area (Å²) in [6, 6.07) is 6.37. The first-order valence-corrected chi connectivity index (χ1v) is 7.00. The molecule has 6 nitrogen and oxygen atoms in total. The molecule has 2 rings (SSSR count). The Hall–Kier alpha value is -2.08. The largest absolute Gasteiger partial charge is 0.480 e. The Morgan fingerprint density at radius 1 is 1.38 bits per heavy atom. The number of carbonyl (C=O) groups is 1. The number of rotatable bonds is 6. The number of carboxylic acids is 1. The molecule has 1 aliphatic carbocycles. The molecule has 0 aliphatic heterocycles. The maximum absolute atomic E-state index is 10.7. The van der Waals surface area contributed by atoms with Gasteiger partial charge in [0.15, 0.2) is 5.96 Å². The molecule has 0 amide bonds. The van der Waals surface area contributed by atoms with Crippen LogP contribution in [0.4, 0.5) is 0 Å². The Balaban J connectivity index is 1.98. The smallest absolute Gasteiger partial charge is 0.317 e. The van der Waals surface area contributed by atoms with Gasteiger partial charge in [0.1, 0.15) is 0 Å². The minimum absolute atomic E-state index is 0.0458.